The second-order valence-electron chi connectivity index (χ2n) is 6.64. The van der Waals surface area contributed by atoms with E-state index in [1.807, 2.05) is 50.4 Å². The zero-order valence-electron chi connectivity index (χ0n) is 15.8. The Hall–Kier alpha value is -1.83. The molecular weight excluding hydrogens is 380 g/mol. The quantitative estimate of drug-likeness (QED) is 0.735. The average Bonchev–Trinajstić information content (AvgIpc) is 2.69. The molecule has 0 aromatic heterocycles. The second-order valence-corrected chi connectivity index (χ2v) is 9.43. The van der Waals surface area contributed by atoms with Crippen molar-refractivity contribution in [1.82, 2.24) is 9.21 Å². The molecule has 1 aliphatic rings. The maximum atomic E-state index is 12.9. The van der Waals surface area contributed by atoms with E-state index in [1.165, 1.54) is 16.1 Å². The van der Waals surface area contributed by atoms with Crippen molar-refractivity contribution in [2.24, 2.45) is 0 Å². The van der Waals surface area contributed by atoms with E-state index in [2.05, 4.69) is 0 Å². The van der Waals surface area contributed by atoms with Gasteiger partial charge in [0.1, 0.15) is 0 Å². The minimum absolute atomic E-state index is 0.0387. The first kappa shape index (κ1) is 19.9. The van der Waals surface area contributed by atoms with E-state index >= 15 is 0 Å². The van der Waals surface area contributed by atoms with Crippen LogP contribution in [0.2, 0.25) is 0 Å². The Balaban J connectivity index is 1.73. The molecule has 0 unspecified atom stereocenters. The topological polar surface area (TPSA) is 57.7 Å². The lowest BCUT2D eigenvalue weighted by Gasteiger charge is -2.34. The van der Waals surface area contributed by atoms with E-state index in [0.717, 1.165) is 16.0 Å². The van der Waals surface area contributed by atoms with E-state index in [-0.39, 0.29) is 5.91 Å². The summed E-state index contributed by atoms with van der Waals surface area (Å²) in [5.41, 5.74) is 2.70. The van der Waals surface area contributed by atoms with E-state index in [1.54, 1.807) is 17.0 Å². The fourth-order valence-electron chi connectivity index (χ4n) is 3.15. The van der Waals surface area contributed by atoms with Crippen molar-refractivity contribution >= 4 is 27.7 Å². The monoisotopic (exact) mass is 404 g/mol. The van der Waals surface area contributed by atoms with Crippen LogP contribution in [0.1, 0.15) is 21.5 Å². The molecule has 3 rings (SSSR count). The highest BCUT2D eigenvalue weighted by molar-refractivity contribution is 7.98. The van der Waals surface area contributed by atoms with Crippen LogP contribution >= 0.6 is 11.8 Å². The minimum atomic E-state index is -3.54. The number of sulfonamides is 1. The Morgan fingerprint density at radius 3 is 2.26 bits per heavy atom. The Labute approximate surface area is 165 Å². The smallest absolute Gasteiger partial charge is 0.255 e. The molecule has 0 radical (unpaired) electrons. The fraction of sp³-hybridized carbons (Fsp3) is 0.350. The first-order chi connectivity index (χ1) is 12.8. The normalized spacial score (nSPS) is 15.7. The SMILES string of the molecule is CSc1ccccc1C(=O)N1CCN(S(=O)(=O)c2ccc(C)c(C)c2)CC1. The Kier molecular flexibility index (Phi) is 5.93. The Morgan fingerprint density at radius 2 is 1.63 bits per heavy atom. The second kappa shape index (κ2) is 8.04. The maximum absolute atomic E-state index is 12.9. The van der Waals surface area contributed by atoms with E-state index < -0.39 is 10.0 Å². The van der Waals surface area contributed by atoms with Gasteiger partial charge in [0.05, 0.1) is 10.5 Å². The van der Waals surface area contributed by atoms with Gasteiger partial charge in [0.2, 0.25) is 10.0 Å². The summed E-state index contributed by atoms with van der Waals surface area (Å²) in [6.07, 6.45) is 1.94. The van der Waals surface area contributed by atoms with Gasteiger partial charge in [0.15, 0.2) is 0 Å². The predicted octanol–water partition coefficient (Wildman–Crippen LogP) is 3.17. The third kappa shape index (κ3) is 4.05. The van der Waals surface area contributed by atoms with Gasteiger partial charge in [-0.1, -0.05) is 18.2 Å². The molecule has 0 atom stereocenters. The third-order valence-corrected chi connectivity index (χ3v) is 7.67. The van der Waals surface area contributed by atoms with Crippen molar-refractivity contribution in [1.29, 1.82) is 0 Å². The standard InChI is InChI=1S/C20H24N2O3S2/c1-15-8-9-17(14-16(15)2)27(24,25)22-12-10-21(11-13-22)20(23)18-6-4-5-7-19(18)26-3/h4-9,14H,10-13H2,1-3H3. The number of benzene rings is 2. The van der Waals surface area contributed by atoms with Crippen LogP contribution in [-0.4, -0.2) is 56.0 Å². The van der Waals surface area contributed by atoms with Gasteiger partial charge in [-0.15, -0.1) is 11.8 Å². The van der Waals surface area contributed by atoms with Gasteiger partial charge in [-0.3, -0.25) is 4.79 Å². The molecular formula is C20H24N2O3S2. The van der Waals surface area contributed by atoms with E-state index in [9.17, 15) is 13.2 Å². The van der Waals surface area contributed by atoms with Crippen molar-refractivity contribution in [2.45, 2.75) is 23.6 Å². The number of rotatable bonds is 4. The van der Waals surface area contributed by atoms with Crippen LogP contribution in [0.15, 0.2) is 52.3 Å². The third-order valence-electron chi connectivity index (χ3n) is 4.98. The number of hydrogen-bond donors (Lipinski definition) is 0. The van der Waals surface area contributed by atoms with Gasteiger partial charge < -0.3 is 4.90 Å². The Bertz CT molecular complexity index is 949. The molecule has 0 spiro atoms. The highest BCUT2D eigenvalue weighted by Crippen LogP contribution is 2.24. The number of aryl methyl sites for hydroxylation is 2. The molecule has 144 valence electrons. The predicted molar refractivity (Wildman–Crippen MR) is 109 cm³/mol. The largest absolute Gasteiger partial charge is 0.336 e. The molecule has 1 aliphatic heterocycles. The molecule has 1 amide bonds. The van der Waals surface area contributed by atoms with Crippen LogP contribution in [-0.2, 0) is 10.0 Å². The zero-order chi connectivity index (χ0) is 19.6. The maximum Gasteiger partial charge on any atom is 0.255 e. The summed E-state index contributed by atoms with van der Waals surface area (Å²) in [4.78, 5) is 15.8. The number of thioether (sulfide) groups is 1. The first-order valence-corrected chi connectivity index (χ1v) is 11.5. The van der Waals surface area contributed by atoms with Crippen molar-refractivity contribution in [3.63, 3.8) is 0 Å². The minimum Gasteiger partial charge on any atom is -0.336 e. The molecule has 7 heteroatoms. The summed E-state index contributed by atoms with van der Waals surface area (Å²) in [6, 6.07) is 12.7. The van der Waals surface area contributed by atoms with Crippen LogP contribution in [0.3, 0.4) is 0 Å². The van der Waals surface area contributed by atoms with Crippen LogP contribution in [0, 0.1) is 13.8 Å². The van der Waals surface area contributed by atoms with E-state index in [4.69, 9.17) is 0 Å². The van der Waals surface area contributed by atoms with Gasteiger partial charge >= 0.3 is 0 Å². The number of piperazine rings is 1. The summed E-state index contributed by atoms with van der Waals surface area (Å²) in [6.45, 7) is 5.28. The molecule has 1 fully saturated rings. The molecule has 0 bridgehead atoms. The van der Waals surface area contributed by atoms with Gasteiger partial charge in [-0.2, -0.15) is 4.31 Å². The van der Waals surface area contributed by atoms with Crippen LogP contribution in [0.25, 0.3) is 0 Å². The lowest BCUT2D eigenvalue weighted by Crippen LogP contribution is -2.50. The lowest BCUT2D eigenvalue weighted by molar-refractivity contribution is 0.0694. The zero-order valence-corrected chi connectivity index (χ0v) is 17.4. The van der Waals surface area contributed by atoms with E-state index in [0.29, 0.717) is 36.6 Å². The van der Waals surface area contributed by atoms with Gasteiger partial charge in [0.25, 0.3) is 5.91 Å². The summed E-state index contributed by atoms with van der Waals surface area (Å²) < 4.78 is 27.3. The van der Waals surface area contributed by atoms with Gasteiger partial charge in [0, 0.05) is 31.1 Å². The van der Waals surface area contributed by atoms with Crippen LogP contribution in [0.5, 0.6) is 0 Å². The molecule has 0 aliphatic carbocycles. The van der Waals surface area contributed by atoms with Crippen molar-refractivity contribution < 1.29 is 13.2 Å². The summed E-state index contributed by atoms with van der Waals surface area (Å²) in [5, 5.41) is 0. The molecule has 1 heterocycles. The molecule has 27 heavy (non-hydrogen) atoms. The van der Waals surface area contributed by atoms with Crippen molar-refractivity contribution in [3.8, 4) is 0 Å². The molecule has 2 aromatic rings. The highest BCUT2D eigenvalue weighted by atomic mass is 32.2. The highest BCUT2D eigenvalue weighted by Gasteiger charge is 2.31. The Morgan fingerprint density at radius 1 is 0.963 bits per heavy atom. The number of amides is 1. The summed E-state index contributed by atoms with van der Waals surface area (Å²) in [5.74, 6) is -0.0387. The van der Waals surface area contributed by atoms with Crippen molar-refractivity contribution in [2.75, 3.05) is 32.4 Å². The fourth-order valence-corrected chi connectivity index (χ4v) is 5.24. The lowest BCUT2D eigenvalue weighted by atomic mass is 10.1. The molecule has 2 aromatic carbocycles. The van der Waals surface area contributed by atoms with Gasteiger partial charge in [-0.25, -0.2) is 8.42 Å². The first-order valence-electron chi connectivity index (χ1n) is 8.84. The van der Waals surface area contributed by atoms with Crippen LogP contribution in [0.4, 0.5) is 0 Å². The molecule has 0 N–H and O–H groups in total. The summed E-state index contributed by atoms with van der Waals surface area (Å²) >= 11 is 1.54. The average molecular weight is 405 g/mol. The van der Waals surface area contributed by atoms with Crippen molar-refractivity contribution in [3.05, 3.63) is 59.2 Å². The summed E-state index contributed by atoms with van der Waals surface area (Å²) in [7, 11) is -3.54. The molecule has 1 saturated heterocycles. The number of carbonyl (C=O) groups is 1. The number of carbonyl (C=O) groups excluding carboxylic acids is 1. The number of nitrogens with zero attached hydrogens (tertiary/aromatic N) is 2. The molecule has 5 nitrogen and oxygen atoms in total. The molecule has 0 saturated carbocycles. The van der Waals surface area contributed by atoms with Gasteiger partial charge in [-0.05, 0) is 55.5 Å². The van der Waals surface area contributed by atoms with Crippen LogP contribution < -0.4 is 0 Å². The number of hydrogen-bond acceptors (Lipinski definition) is 4.